The molecule has 1 aromatic carbocycles. The van der Waals surface area contributed by atoms with Crippen molar-refractivity contribution in [3.05, 3.63) is 59.9 Å². The predicted octanol–water partition coefficient (Wildman–Crippen LogP) is 2.58. The summed E-state index contributed by atoms with van der Waals surface area (Å²) in [5.74, 6) is -0.0987. The first-order valence-electron chi connectivity index (χ1n) is 5.81. The number of benzodiazepines with no additional fused rings is 1. The highest BCUT2D eigenvalue weighted by Crippen LogP contribution is 2.28. The average Bonchev–Trinajstić information content (AvgIpc) is 2.59. The second kappa shape index (κ2) is 4.93. The number of carbonyl (C=O) groups is 1. The minimum absolute atomic E-state index is 0.0987. The second-order valence-electron chi connectivity index (χ2n) is 4.07. The van der Waals surface area contributed by atoms with E-state index >= 15 is 0 Å². The predicted molar refractivity (Wildman–Crippen MR) is 77.6 cm³/mol. The Hall–Kier alpha value is -2.01. The Morgan fingerprint density at radius 2 is 1.89 bits per heavy atom. The highest BCUT2D eigenvalue weighted by Gasteiger charge is 2.23. The van der Waals surface area contributed by atoms with Gasteiger partial charge in [0.25, 0.3) is 5.91 Å². The zero-order valence-electron chi connectivity index (χ0n) is 9.95. The number of hydrogen-bond acceptors (Lipinski definition) is 3. The number of amides is 1. The molecular formula is C14H10BrN3O. The Balaban J connectivity index is 2.20. The molecule has 0 saturated heterocycles. The number of hydrogen-bond donors (Lipinski definition) is 0. The third-order valence-electron chi connectivity index (χ3n) is 2.87. The number of pyridine rings is 1. The van der Waals surface area contributed by atoms with Crippen molar-refractivity contribution in [2.45, 2.75) is 0 Å². The van der Waals surface area contributed by atoms with E-state index in [2.05, 4.69) is 26.1 Å². The minimum Gasteiger partial charge on any atom is -0.272 e. The number of anilines is 1. The van der Waals surface area contributed by atoms with Crippen LogP contribution in [0.3, 0.4) is 0 Å². The number of halogens is 1. The molecule has 0 fully saturated rings. The Bertz CT molecular complexity index is 655. The van der Waals surface area contributed by atoms with Gasteiger partial charge in [-0.1, -0.05) is 24.3 Å². The Morgan fingerprint density at radius 3 is 2.68 bits per heavy atom. The molecule has 0 radical (unpaired) electrons. The number of nitrogens with zero attached hydrogens (tertiary/aromatic N) is 3. The van der Waals surface area contributed by atoms with Gasteiger partial charge in [0, 0.05) is 11.8 Å². The molecule has 3 rings (SSSR count). The molecule has 0 aliphatic carbocycles. The third-order valence-corrected chi connectivity index (χ3v) is 3.65. The van der Waals surface area contributed by atoms with Crippen LogP contribution >= 0.6 is 16.1 Å². The third kappa shape index (κ3) is 2.17. The fourth-order valence-corrected chi connectivity index (χ4v) is 2.42. The van der Waals surface area contributed by atoms with Gasteiger partial charge >= 0.3 is 0 Å². The number of aliphatic imine (C=N–C) groups is 1. The van der Waals surface area contributed by atoms with Crippen LogP contribution in [-0.4, -0.2) is 23.1 Å². The van der Waals surface area contributed by atoms with Crippen LogP contribution in [0.4, 0.5) is 5.69 Å². The van der Waals surface area contributed by atoms with Crippen LogP contribution in [0, 0.1) is 0 Å². The van der Waals surface area contributed by atoms with E-state index in [4.69, 9.17) is 0 Å². The van der Waals surface area contributed by atoms with Gasteiger partial charge in [-0.3, -0.25) is 14.8 Å². The summed E-state index contributed by atoms with van der Waals surface area (Å²) in [7, 11) is 0. The molecule has 2 aromatic rings. The summed E-state index contributed by atoms with van der Waals surface area (Å²) in [6.45, 7) is 0.103. The molecule has 0 spiro atoms. The molecule has 5 heteroatoms. The van der Waals surface area contributed by atoms with Crippen molar-refractivity contribution in [1.82, 2.24) is 4.98 Å². The first-order chi connectivity index (χ1) is 9.27. The molecule has 4 nitrogen and oxygen atoms in total. The summed E-state index contributed by atoms with van der Waals surface area (Å²) in [5.41, 5.74) is 3.19. The lowest BCUT2D eigenvalue weighted by atomic mass is 10.0. The number of para-hydroxylation sites is 1. The standard InChI is InChI=1S/C14H10BrN3O/c15-18-12-7-2-1-5-10(12)14(17-9-13(18)19)11-6-3-4-8-16-11/h1-8H,9H2. The van der Waals surface area contributed by atoms with Gasteiger partial charge in [0.1, 0.15) is 6.54 Å². The maximum atomic E-state index is 11.9. The van der Waals surface area contributed by atoms with Crippen molar-refractivity contribution in [3.63, 3.8) is 0 Å². The molecule has 1 aliphatic heterocycles. The first-order valence-corrected chi connectivity index (χ1v) is 6.52. The largest absolute Gasteiger partial charge is 0.272 e. The lowest BCUT2D eigenvalue weighted by Gasteiger charge is -2.14. The quantitative estimate of drug-likeness (QED) is 0.759. The number of aromatic nitrogens is 1. The minimum atomic E-state index is -0.0987. The number of rotatable bonds is 1. The first kappa shape index (κ1) is 12.0. The van der Waals surface area contributed by atoms with Crippen LogP contribution in [0.25, 0.3) is 0 Å². The normalized spacial score (nSPS) is 14.7. The highest BCUT2D eigenvalue weighted by molar-refractivity contribution is 9.10. The zero-order chi connectivity index (χ0) is 13.2. The van der Waals surface area contributed by atoms with Crippen molar-refractivity contribution in [2.75, 3.05) is 10.5 Å². The molecule has 0 saturated carbocycles. The maximum absolute atomic E-state index is 11.9. The molecule has 94 valence electrons. The van der Waals surface area contributed by atoms with Crippen LogP contribution in [-0.2, 0) is 4.79 Å². The SMILES string of the molecule is O=C1CN=C(c2ccccn2)c2ccccc2N1Br. The van der Waals surface area contributed by atoms with E-state index in [-0.39, 0.29) is 12.5 Å². The van der Waals surface area contributed by atoms with Crippen LogP contribution in [0.2, 0.25) is 0 Å². The van der Waals surface area contributed by atoms with Crippen LogP contribution in [0.5, 0.6) is 0 Å². The van der Waals surface area contributed by atoms with Crippen molar-refractivity contribution >= 4 is 33.5 Å². The second-order valence-corrected chi connectivity index (χ2v) is 4.78. The summed E-state index contributed by atoms with van der Waals surface area (Å²) >= 11 is 3.29. The van der Waals surface area contributed by atoms with E-state index in [1.165, 1.54) is 3.93 Å². The summed E-state index contributed by atoms with van der Waals surface area (Å²) < 4.78 is 1.46. The molecule has 2 heterocycles. The summed E-state index contributed by atoms with van der Waals surface area (Å²) in [5, 5.41) is 0. The van der Waals surface area contributed by atoms with E-state index < -0.39 is 0 Å². The lowest BCUT2D eigenvalue weighted by Crippen LogP contribution is -2.21. The number of fused-ring (bicyclic) bond motifs is 1. The van der Waals surface area contributed by atoms with Crippen LogP contribution < -0.4 is 3.93 Å². The van der Waals surface area contributed by atoms with Gasteiger partial charge in [-0.15, -0.1) is 0 Å². The molecule has 1 aromatic heterocycles. The van der Waals surface area contributed by atoms with Gasteiger partial charge in [-0.25, -0.2) is 3.93 Å². The highest BCUT2D eigenvalue weighted by atomic mass is 79.9. The Labute approximate surface area is 119 Å². The van der Waals surface area contributed by atoms with Crippen molar-refractivity contribution in [2.24, 2.45) is 4.99 Å². The lowest BCUT2D eigenvalue weighted by molar-refractivity contribution is -0.115. The summed E-state index contributed by atoms with van der Waals surface area (Å²) in [4.78, 5) is 20.6. The Kier molecular flexibility index (Phi) is 3.13. The molecule has 1 aliphatic rings. The number of benzene rings is 1. The monoisotopic (exact) mass is 315 g/mol. The van der Waals surface area contributed by atoms with Gasteiger partial charge < -0.3 is 0 Å². The maximum Gasteiger partial charge on any atom is 0.258 e. The summed E-state index contributed by atoms with van der Waals surface area (Å²) in [6, 6.07) is 13.3. The van der Waals surface area contributed by atoms with Crippen LogP contribution in [0.15, 0.2) is 53.7 Å². The van der Waals surface area contributed by atoms with E-state index in [0.717, 1.165) is 22.7 Å². The molecule has 19 heavy (non-hydrogen) atoms. The van der Waals surface area contributed by atoms with E-state index in [1.54, 1.807) is 6.20 Å². The van der Waals surface area contributed by atoms with Gasteiger partial charge in [-0.2, -0.15) is 0 Å². The fraction of sp³-hybridized carbons (Fsp3) is 0.0714. The van der Waals surface area contributed by atoms with Crippen LogP contribution in [0.1, 0.15) is 11.3 Å². The zero-order valence-corrected chi connectivity index (χ0v) is 11.5. The van der Waals surface area contributed by atoms with Gasteiger partial charge in [-0.05, 0) is 18.2 Å². The number of carbonyl (C=O) groups excluding carboxylic acids is 1. The van der Waals surface area contributed by atoms with Crippen molar-refractivity contribution in [3.8, 4) is 0 Å². The molecule has 1 amide bonds. The van der Waals surface area contributed by atoms with E-state index in [9.17, 15) is 4.79 Å². The smallest absolute Gasteiger partial charge is 0.258 e. The van der Waals surface area contributed by atoms with Gasteiger partial charge in [0.15, 0.2) is 0 Å². The molecule has 0 bridgehead atoms. The molecule has 0 unspecified atom stereocenters. The van der Waals surface area contributed by atoms with Crippen molar-refractivity contribution in [1.29, 1.82) is 0 Å². The van der Waals surface area contributed by atoms with E-state index in [0.29, 0.717) is 0 Å². The average molecular weight is 316 g/mol. The molecular weight excluding hydrogens is 306 g/mol. The fourth-order valence-electron chi connectivity index (χ4n) is 2.00. The topological polar surface area (TPSA) is 45.6 Å². The van der Waals surface area contributed by atoms with Gasteiger partial charge in [0.2, 0.25) is 0 Å². The summed E-state index contributed by atoms with van der Waals surface area (Å²) in [6.07, 6.45) is 1.72. The molecule has 0 N–H and O–H groups in total. The van der Waals surface area contributed by atoms with E-state index in [1.807, 2.05) is 42.5 Å². The van der Waals surface area contributed by atoms with Gasteiger partial charge in [0.05, 0.1) is 33.2 Å². The Morgan fingerprint density at radius 1 is 1.11 bits per heavy atom. The van der Waals surface area contributed by atoms with Crippen molar-refractivity contribution < 1.29 is 4.79 Å². The molecule has 0 atom stereocenters.